The van der Waals surface area contributed by atoms with Gasteiger partial charge in [0.1, 0.15) is 10.0 Å². The number of nitrogens with zero attached hydrogens (tertiary/aromatic N) is 2. The molecule has 0 aliphatic rings. The topological polar surface area (TPSA) is 75.1 Å². The second-order valence-corrected chi connectivity index (χ2v) is 4.63. The SMILES string of the molecule is CC(NCc1nnsc1Cl)(C(=O)O)C(F)(F)F. The second-order valence-electron chi connectivity index (χ2n) is 3.27. The van der Waals surface area contributed by atoms with Crippen molar-refractivity contribution in [3.8, 4) is 0 Å². The summed E-state index contributed by atoms with van der Waals surface area (Å²) in [7, 11) is 0. The van der Waals surface area contributed by atoms with Crippen molar-refractivity contribution in [3.05, 3.63) is 10.0 Å². The Morgan fingerprint density at radius 3 is 2.53 bits per heavy atom. The Bertz CT molecular complexity index is 425. The van der Waals surface area contributed by atoms with Crippen LogP contribution in [0.2, 0.25) is 4.34 Å². The van der Waals surface area contributed by atoms with Crippen molar-refractivity contribution < 1.29 is 23.1 Å². The van der Waals surface area contributed by atoms with E-state index < -0.39 is 24.2 Å². The lowest BCUT2D eigenvalue weighted by Gasteiger charge is -2.28. The van der Waals surface area contributed by atoms with Crippen molar-refractivity contribution in [3.63, 3.8) is 0 Å². The molecular weight excluding hydrogens is 283 g/mol. The molecule has 1 rings (SSSR count). The van der Waals surface area contributed by atoms with Crippen molar-refractivity contribution in [1.29, 1.82) is 0 Å². The standard InChI is InChI=1S/C7H7ClF3N3O2S/c1-6(5(15)16,7(9,10)11)12-2-3-4(8)17-14-13-3/h12H,2H2,1H3,(H,15,16). The summed E-state index contributed by atoms with van der Waals surface area (Å²) in [6.45, 7) is 0.0979. The van der Waals surface area contributed by atoms with E-state index in [0.29, 0.717) is 6.92 Å². The fraction of sp³-hybridized carbons (Fsp3) is 0.571. The van der Waals surface area contributed by atoms with Gasteiger partial charge in [-0.2, -0.15) is 13.2 Å². The van der Waals surface area contributed by atoms with Crippen LogP contribution in [0.3, 0.4) is 0 Å². The zero-order valence-electron chi connectivity index (χ0n) is 8.38. The van der Waals surface area contributed by atoms with Crippen molar-refractivity contribution in [1.82, 2.24) is 14.9 Å². The number of nitrogens with one attached hydrogen (secondary N) is 1. The van der Waals surface area contributed by atoms with Gasteiger partial charge in [-0.15, -0.1) is 5.10 Å². The van der Waals surface area contributed by atoms with Gasteiger partial charge in [-0.1, -0.05) is 16.1 Å². The minimum Gasteiger partial charge on any atom is -0.480 e. The number of carbonyl (C=O) groups is 1. The van der Waals surface area contributed by atoms with Gasteiger partial charge in [-0.25, -0.2) is 4.79 Å². The highest BCUT2D eigenvalue weighted by Crippen LogP contribution is 2.31. The first-order chi connectivity index (χ1) is 7.68. The molecule has 1 aromatic heterocycles. The van der Waals surface area contributed by atoms with Gasteiger partial charge >= 0.3 is 12.1 Å². The minimum atomic E-state index is -4.94. The molecule has 17 heavy (non-hydrogen) atoms. The summed E-state index contributed by atoms with van der Waals surface area (Å²) >= 11 is 6.39. The smallest absolute Gasteiger partial charge is 0.417 e. The van der Waals surface area contributed by atoms with Gasteiger partial charge in [-0.05, 0) is 6.92 Å². The van der Waals surface area contributed by atoms with Gasteiger partial charge in [0.05, 0.1) is 0 Å². The number of aliphatic carboxylic acids is 1. The molecule has 5 nitrogen and oxygen atoms in total. The van der Waals surface area contributed by atoms with E-state index in [2.05, 4.69) is 9.59 Å². The summed E-state index contributed by atoms with van der Waals surface area (Å²) in [5.41, 5.74) is -2.98. The average molecular weight is 290 g/mol. The Morgan fingerprint density at radius 2 is 2.18 bits per heavy atom. The third kappa shape index (κ3) is 2.85. The van der Waals surface area contributed by atoms with Crippen molar-refractivity contribution in [2.75, 3.05) is 0 Å². The average Bonchev–Trinajstić information content (AvgIpc) is 2.58. The lowest BCUT2D eigenvalue weighted by atomic mass is 10.0. The Balaban J connectivity index is 2.83. The summed E-state index contributed by atoms with van der Waals surface area (Å²) in [6.07, 6.45) is -4.94. The molecule has 0 saturated heterocycles. The van der Waals surface area contributed by atoms with E-state index in [-0.39, 0.29) is 10.0 Å². The molecule has 0 radical (unpaired) electrons. The monoisotopic (exact) mass is 289 g/mol. The lowest BCUT2D eigenvalue weighted by Crippen LogP contribution is -2.59. The Hall–Kier alpha value is -0.930. The molecule has 0 spiro atoms. The van der Waals surface area contributed by atoms with Crippen LogP contribution in [0.1, 0.15) is 12.6 Å². The van der Waals surface area contributed by atoms with Crippen LogP contribution >= 0.6 is 23.1 Å². The van der Waals surface area contributed by atoms with E-state index in [4.69, 9.17) is 16.7 Å². The first kappa shape index (κ1) is 14.1. The predicted molar refractivity (Wildman–Crippen MR) is 53.9 cm³/mol. The maximum absolute atomic E-state index is 12.6. The van der Waals surface area contributed by atoms with Gasteiger partial charge < -0.3 is 5.11 Å². The van der Waals surface area contributed by atoms with E-state index in [1.165, 1.54) is 0 Å². The van der Waals surface area contributed by atoms with Gasteiger partial charge in [0.15, 0.2) is 0 Å². The molecule has 0 aromatic carbocycles. The Kier molecular flexibility index (Phi) is 3.95. The number of carboxylic acids is 1. The zero-order chi connectivity index (χ0) is 13.3. The second kappa shape index (κ2) is 4.75. The molecule has 1 aromatic rings. The molecular formula is C7H7ClF3N3O2S. The van der Waals surface area contributed by atoms with Crippen LogP contribution in [-0.2, 0) is 11.3 Å². The third-order valence-electron chi connectivity index (χ3n) is 2.11. The summed E-state index contributed by atoms with van der Waals surface area (Å²) < 4.78 is 41.3. The number of alkyl halides is 3. The summed E-state index contributed by atoms with van der Waals surface area (Å²) in [5.74, 6) is -2.02. The van der Waals surface area contributed by atoms with Crippen LogP contribution in [0.5, 0.6) is 0 Å². The highest BCUT2D eigenvalue weighted by Gasteiger charge is 2.57. The van der Waals surface area contributed by atoms with Gasteiger partial charge in [0.2, 0.25) is 5.54 Å². The number of hydrogen-bond acceptors (Lipinski definition) is 5. The van der Waals surface area contributed by atoms with E-state index in [1.807, 2.05) is 5.32 Å². The van der Waals surface area contributed by atoms with E-state index in [1.54, 1.807) is 0 Å². The molecule has 96 valence electrons. The van der Waals surface area contributed by atoms with Gasteiger partial charge in [-0.3, -0.25) is 5.32 Å². The van der Waals surface area contributed by atoms with Crippen LogP contribution in [0, 0.1) is 0 Å². The first-order valence-electron chi connectivity index (χ1n) is 4.20. The number of rotatable bonds is 4. The molecule has 0 saturated carbocycles. The molecule has 1 atom stereocenters. The molecule has 0 aliphatic heterocycles. The molecule has 0 fully saturated rings. The van der Waals surface area contributed by atoms with E-state index in [9.17, 15) is 18.0 Å². The maximum atomic E-state index is 12.6. The number of aromatic nitrogens is 2. The van der Waals surface area contributed by atoms with Crippen molar-refractivity contribution in [2.45, 2.75) is 25.2 Å². The molecule has 0 bridgehead atoms. The summed E-state index contributed by atoms with van der Waals surface area (Å²) in [4.78, 5) is 10.7. The number of halogens is 4. The summed E-state index contributed by atoms with van der Waals surface area (Å²) in [5, 5.41) is 14.0. The van der Waals surface area contributed by atoms with Crippen molar-refractivity contribution in [2.24, 2.45) is 0 Å². The molecule has 1 unspecified atom stereocenters. The van der Waals surface area contributed by atoms with E-state index >= 15 is 0 Å². The predicted octanol–water partition coefficient (Wildman–Crippen LogP) is 1.69. The maximum Gasteiger partial charge on any atom is 0.417 e. The van der Waals surface area contributed by atoms with Crippen LogP contribution < -0.4 is 5.32 Å². The summed E-state index contributed by atoms with van der Waals surface area (Å²) in [6, 6.07) is 0. The van der Waals surface area contributed by atoms with Crippen LogP contribution in [0.25, 0.3) is 0 Å². The minimum absolute atomic E-state index is 0.0772. The molecule has 0 aliphatic carbocycles. The molecule has 1 heterocycles. The van der Waals surface area contributed by atoms with Gasteiger partial charge in [0, 0.05) is 18.1 Å². The highest BCUT2D eigenvalue weighted by atomic mass is 35.5. The number of carboxylic acid groups (broad SMARTS) is 1. The van der Waals surface area contributed by atoms with Crippen LogP contribution in [-0.4, -0.2) is 32.4 Å². The van der Waals surface area contributed by atoms with E-state index in [0.717, 1.165) is 11.5 Å². The normalized spacial score (nSPS) is 15.6. The fourth-order valence-corrected chi connectivity index (χ4v) is 1.49. The Labute approximate surface area is 103 Å². The Morgan fingerprint density at radius 1 is 1.59 bits per heavy atom. The van der Waals surface area contributed by atoms with Gasteiger partial charge in [0.25, 0.3) is 0 Å². The first-order valence-corrected chi connectivity index (χ1v) is 5.35. The fourth-order valence-electron chi connectivity index (χ4n) is 0.860. The quantitative estimate of drug-likeness (QED) is 0.882. The van der Waals surface area contributed by atoms with Crippen LogP contribution in [0.15, 0.2) is 0 Å². The zero-order valence-corrected chi connectivity index (χ0v) is 9.95. The van der Waals surface area contributed by atoms with Crippen LogP contribution in [0.4, 0.5) is 13.2 Å². The molecule has 10 heteroatoms. The largest absolute Gasteiger partial charge is 0.480 e. The molecule has 0 amide bonds. The molecule has 2 N–H and O–H groups in total. The third-order valence-corrected chi connectivity index (χ3v) is 3.10. The highest BCUT2D eigenvalue weighted by molar-refractivity contribution is 7.10. The van der Waals surface area contributed by atoms with Crippen molar-refractivity contribution >= 4 is 29.1 Å². The lowest BCUT2D eigenvalue weighted by molar-refractivity contribution is -0.206. The number of hydrogen-bond donors (Lipinski definition) is 2.